The zero-order valence-electron chi connectivity index (χ0n) is 12.1. The minimum atomic E-state index is 0.261. The van der Waals surface area contributed by atoms with Crippen molar-refractivity contribution < 1.29 is 4.79 Å². The molecule has 0 N–H and O–H groups in total. The van der Waals surface area contributed by atoms with Gasteiger partial charge in [0.25, 0.3) is 0 Å². The van der Waals surface area contributed by atoms with E-state index in [0.717, 1.165) is 31.6 Å². The first-order valence-electron chi connectivity index (χ1n) is 6.90. The fourth-order valence-corrected chi connectivity index (χ4v) is 2.28. The van der Waals surface area contributed by atoms with Gasteiger partial charge in [0.05, 0.1) is 0 Å². The van der Waals surface area contributed by atoms with E-state index in [2.05, 4.69) is 24.8 Å². The van der Waals surface area contributed by atoms with Crippen molar-refractivity contribution in [3.05, 3.63) is 34.9 Å². The molecule has 0 amide bonds. The van der Waals surface area contributed by atoms with Gasteiger partial charge in [0.1, 0.15) is 0 Å². The second kappa shape index (κ2) is 7.32. The summed E-state index contributed by atoms with van der Waals surface area (Å²) in [4.78, 5) is 14.5. The lowest BCUT2D eigenvalue weighted by Gasteiger charge is -2.18. The third-order valence-electron chi connectivity index (χ3n) is 3.19. The van der Waals surface area contributed by atoms with Crippen LogP contribution in [0.1, 0.15) is 48.2 Å². The third kappa shape index (κ3) is 4.61. The van der Waals surface area contributed by atoms with E-state index in [4.69, 9.17) is 0 Å². The van der Waals surface area contributed by atoms with Crippen molar-refractivity contribution in [2.75, 3.05) is 19.6 Å². The molecule has 1 aromatic rings. The fraction of sp³-hybridized carbons (Fsp3) is 0.562. The minimum absolute atomic E-state index is 0.261. The highest BCUT2D eigenvalue weighted by Crippen LogP contribution is 2.11. The van der Waals surface area contributed by atoms with Crippen LogP contribution >= 0.6 is 0 Å². The van der Waals surface area contributed by atoms with E-state index < -0.39 is 0 Å². The van der Waals surface area contributed by atoms with E-state index in [1.165, 1.54) is 11.1 Å². The molecule has 0 heterocycles. The Kier molecular flexibility index (Phi) is 6.06. The Hall–Kier alpha value is -1.15. The number of carbonyl (C=O) groups excluding carboxylic acids is 1. The van der Waals surface area contributed by atoms with Crippen LogP contribution in [-0.4, -0.2) is 30.3 Å². The van der Waals surface area contributed by atoms with Crippen molar-refractivity contribution in [2.24, 2.45) is 0 Å². The Morgan fingerprint density at radius 3 is 2.17 bits per heavy atom. The number of hydrogen-bond donors (Lipinski definition) is 0. The van der Waals surface area contributed by atoms with Gasteiger partial charge in [-0.3, -0.25) is 4.79 Å². The van der Waals surface area contributed by atoms with Gasteiger partial charge in [0.2, 0.25) is 0 Å². The number of Topliss-reactive ketones (excluding diaryl/α,β-unsaturated/α-hetero) is 1. The maximum Gasteiger partial charge on any atom is 0.164 e. The lowest BCUT2D eigenvalue weighted by atomic mass is 10.0. The second-order valence-corrected chi connectivity index (χ2v) is 4.98. The van der Waals surface area contributed by atoms with E-state index in [0.29, 0.717) is 6.42 Å². The summed E-state index contributed by atoms with van der Waals surface area (Å²) in [7, 11) is 0. The van der Waals surface area contributed by atoms with Gasteiger partial charge < -0.3 is 4.90 Å². The van der Waals surface area contributed by atoms with Gasteiger partial charge >= 0.3 is 0 Å². The van der Waals surface area contributed by atoms with Gasteiger partial charge in [-0.2, -0.15) is 0 Å². The van der Waals surface area contributed by atoms with Crippen LogP contribution in [0, 0.1) is 13.8 Å². The number of benzene rings is 1. The molecule has 0 aromatic heterocycles. The van der Waals surface area contributed by atoms with Crippen LogP contribution in [-0.2, 0) is 0 Å². The van der Waals surface area contributed by atoms with Crippen molar-refractivity contribution in [2.45, 2.75) is 40.5 Å². The van der Waals surface area contributed by atoms with E-state index in [-0.39, 0.29) is 5.78 Å². The average Bonchev–Trinajstić information content (AvgIpc) is 2.32. The van der Waals surface area contributed by atoms with Crippen molar-refractivity contribution >= 4 is 5.78 Å². The summed E-state index contributed by atoms with van der Waals surface area (Å²) in [6, 6.07) is 6.09. The smallest absolute Gasteiger partial charge is 0.164 e. The van der Waals surface area contributed by atoms with Crippen molar-refractivity contribution in [1.82, 2.24) is 4.90 Å². The maximum atomic E-state index is 12.1. The molecule has 1 rings (SSSR count). The monoisotopic (exact) mass is 247 g/mol. The van der Waals surface area contributed by atoms with Gasteiger partial charge in [-0.05, 0) is 45.5 Å². The molecule has 0 bridgehead atoms. The summed E-state index contributed by atoms with van der Waals surface area (Å²) in [6.45, 7) is 11.4. The predicted molar refractivity (Wildman–Crippen MR) is 77.3 cm³/mol. The molecule has 2 heteroatoms. The normalized spacial score (nSPS) is 10.9. The zero-order valence-corrected chi connectivity index (χ0v) is 12.1. The lowest BCUT2D eigenvalue weighted by Crippen LogP contribution is -2.27. The number of carbonyl (C=O) groups is 1. The largest absolute Gasteiger partial charge is 0.303 e. The van der Waals surface area contributed by atoms with Crippen molar-refractivity contribution in [3.63, 3.8) is 0 Å². The van der Waals surface area contributed by atoms with Gasteiger partial charge in [-0.25, -0.2) is 0 Å². The molecule has 2 nitrogen and oxygen atoms in total. The Balaban J connectivity index is 2.59. The zero-order chi connectivity index (χ0) is 13.5. The Morgan fingerprint density at radius 2 is 1.67 bits per heavy atom. The molecule has 0 saturated carbocycles. The molecule has 0 aliphatic rings. The van der Waals surface area contributed by atoms with Crippen LogP contribution in [0.2, 0.25) is 0 Å². The standard InChI is InChI=1S/C16H25NO/c1-5-8-17(6-2)9-7-16(18)15-11-13(3)10-14(4)12-15/h10-12H,5-9H2,1-4H3. The summed E-state index contributed by atoms with van der Waals surface area (Å²) in [5.41, 5.74) is 3.19. The molecule has 0 aliphatic heterocycles. The first kappa shape index (κ1) is 14.9. The topological polar surface area (TPSA) is 20.3 Å². The van der Waals surface area contributed by atoms with Crippen LogP contribution in [0.4, 0.5) is 0 Å². The molecule has 0 saturated heterocycles. The SMILES string of the molecule is CCCN(CC)CCC(=O)c1cc(C)cc(C)c1. The van der Waals surface area contributed by atoms with Crippen LogP contribution in [0.5, 0.6) is 0 Å². The molecule has 100 valence electrons. The first-order chi connectivity index (χ1) is 8.56. The number of ketones is 1. The first-order valence-corrected chi connectivity index (χ1v) is 6.90. The van der Waals surface area contributed by atoms with E-state index in [1.54, 1.807) is 0 Å². The average molecular weight is 247 g/mol. The maximum absolute atomic E-state index is 12.1. The molecule has 0 spiro atoms. The summed E-state index contributed by atoms with van der Waals surface area (Å²) >= 11 is 0. The molecule has 0 unspecified atom stereocenters. The molecule has 0 atom stereocenters. The van der Waals surface area contributed by atoms with Gasteiger partial charge in [0.15, 0.2) is 5.78 Å². The highest BCUT2D eigenvalue weighted by molar-refractivity contribution is 5.96. The summed E-state index contributed by atoms with van der Waals surface area (Å²) in [5, 5.41) is 0. The number of hydrogen-bond acceptors (Lipinski definition) is 2. The summed E-state index contributed by atoms with van der Waals surface area (Å²) in [6.07, 6.45) is 1.77. The van der Waals surface area contributed by atoms with Crippen molar-refractivity contribution in [3.8, 4) is 0 Å². The van der Waals surface area contributed by atoms with Crippen LogP contribution < -0.4 is 0 Å². The van der Waals surface area contributed by atoms with Gasteiger partial charge in [-0.15, -0.1) is 0 Å². The highest BCUT2D eigenvalue weighted by Gasteiger charge is 2.09. The van der Waals surface area contributed by atoms with Crippen LogP contribution in [0.3, 0.4) is 0 Å². The molecule has 0 fully saturated rings. The molecule has 0 aliphatic carbocycles. The lowest BCUT2D eigenvalue weighted by molar-refractivity contribution is 0.0965. The van der Waals surface area contributed by atoms with E-state index in [1.807, 2.05) is 26.0 Å². The molecule has 1 aromatic carbocycles. The van der Waals surface area contributed by atoms with Crippen LogP contribution in [0.15, 0.2) is 18.2 Å². The van der Waals surface area contributed by atoms with Gasteiger partial charge in [-0.1, -0.05) is 31.0 Å². The van der Waals surface area contributed by atoms with Gasteiger partial charge in [0, 0.05) is 18.5 Å². The van der Waals surface area contributed by atoms with Crippen LogP contribution in [0.25, 0.3) is 0 Å². The molecule has 0 radical (unpaired) electrons. The molecule has 18 heavy (non-hydrogen) atoms. The van der Waals surface area contributed by atoms with E-state index >= 15 is 0 Å². The number of nitrogens with zero attached hydrogens (tertiary/aromatic N) is 1. The third-order valence-corrected chi connectivity index (χ3v) is 3.19. The summed E-state index contributed by atoms with van der Waals surface area (Å²) in [5.74, 6) is 0.261. The molecular weight excluding hydrogens is 222 g/mol. The number of aryl methyl sites for hydroxylation is 2. The second-order valence-electron chi connectivity index (χ2n) is 4.98. The number of rotatable bonds is 7. The molecular formula is C16H25NO. The predicted octanol–water partition coefficient (Wildman–Crippen LogP) is 3.61. The Morgan fingerprint density at radius 1 is 1.06 bits per heavy atom. The minimum Gasteiger partial charge on any atom is -0.303 e. The fourth-order valence-electron chi connectivity index (χ4n) is 2.28. The highest BCUT2D eigenvalue weighted by atomic mass is 16.1. The Bertz CT molecular complexity index is 378. The van der Waals surface area contributed by atoms with E-state index in [9.17, 15) is 4.79 Å². The summed E-state index contributed by atoms with van der Waals surface area (Å²) < 4.78 is 0. The van der Waals surface area contributed by atoms with Crippen molar-refractivity contribution in [1.29, 1.82) is 0 Å². The quantitative estimate of drug-likeness (QED) is 0.686. The Labute approximate surface area is 111 Å².